The molecule has 6 heteroatoms. The molecule has 1 aromatic carbocycles. The van der Waals surface area contributed by atoms with Crippen LogP contribution in [0.2, 0.25) is 19.6 Å². The molecule has 0 aliphatic carbocycles. The van der Waals surface area contributed by atoms with Gasteiger partial charge in [0.15, 0.2) is 5.65 Å². The Hall–Kier alpha value is -2.21. The normalized spacial score (nSPS) is 12.0. The monoisotopic (exact) mass is 326 g/mol. The number of fused-ring (bicyclic) bond motifs is 1. The summed E-state index contributed by atoms with van der Waals surface area (Å²) in [6.45, 7) is 10.8. The standard InChI is InChI=1S/C17H22N4OSi/c1-12-6-13(2)8-14(7-12)21-16-15(9-19-21)17(22)20(10-18-16)11-23(3,4)5/h6-10H,11H2,1-5H3. The molecule has 2 aromatic heterocycles. The second kappa shape index (κ2) is 5.45. The highest BCUT2D eigenvalue weighted by atomic mass is 28.3. The zero-order valence-electron chi connectivity index (χ0n) is 14.3. The van der Waals surface area contributed by atoms with Gasteiger partial charge in [-0.1, -0.05) is 25.7 Å². The number of hydrogen-bond acceptors (Lipinski definition) is 3. The molecule has 0 aliphatic rings. The molecule has 3 rings (SSSR count). The van der Waals surface area contributed by atoms with Crippen molar-refractivity contribution in [2.75, 3.05) is 0 Å². The number of nitrogens with zero attached hydrogens (tertiary/aromatic N) is 4. The van der Waals surface area contributed by atoms with E-state index >= 15 is 0 Å². The van der Waals surface area contributed by atoms with E-state index in [-0.39, 0.29) is 5.56 Å². The molecule has 0 N–H and O–H groups in total. The number of hydrogen-bond donors (Lipinski definition) is 0. The maximum Gasteiger partial charge on any atom is 0.264 e. The average molecular weight is 326 g/mol. The van der Waals surface area contributed by atoms with E-state index < -0.39 is 8.07 Å². The van der Waals surface area contributed by atoms with Crippen molar-refractivity contribution in [1.82, 2.24) is 19.3 Å². The van der Waals surface area contributed by atoms with Gasteiger partial charge in [-0.3, -0.25) is 4.79 Å². The smallest absolute Gasteiger partial charge is 0.264 e. The fourth-order valence-corrected chi connectivity index (χ4v) is 4.08. The molecule has 0 unspecified atom stereocenters. The van der Waals surface area contributed by atoms with E-state index in [1.54, 1.807) is 21.8 Å². The van der Waals surface area contributed by atoms with E-state index in [1.807, 2.05) is 0 Å². The van der Waals surface area contributed by atoms with E-state index in [2.05, 4.69) is 61.8 Å². The van der Waals surface area contributed by atoms with Gasteiger partial charge in [0.1, 0.15) is 5.39 Å². The van der Waals surface area contributed by atoms with Crippen molar-refractivity contribution in [2.45, 2.75) is 39.7 Å². The quantitative estimate of drug-likeness (QED) is 0.695. The van der Waals surface area contributed by atoms with E-state index in [4.69, 9.17) is 0 Å². The molecular weight excluding hydrogens is 304 g/mol. The third-order valence-corrected chi connectivity index (χ3v) is 4.94. The molecule has 0 radical (unpaired) electrons. The second-order valence-corrected chi connectivity index (χ2v) is 12.8. The number of aryl methyl sites for hydroxylation is 2. The van der Waals surface area contributed by atoms with Crippen LogP contribution in [0.3, 0.4) is 0 Å². The SMILES string of the molecule is Cc1cc(C)cc(-n2ncc3c(=O)n(C[Si](C)(C)C)cnc32)c1. The summed E-state index contributed by atoms with van der Waals surface area (Å²) in [6.07, 6.45) is 4.05. The molecule has 0 saturated carbocycles. The van der Waals surface area contributed by atoms with Crippen molar-refractivity contribution in [3.05, 3.63) is 52.2 Å². The van der Waals surface area contributed by atoms with Crippen molar-refractivity contribution in [3.8, 4) is 5.69 Å². The highest BCUT2D eigenvalue weighted by molar-refractivity contribution is 6.74. The minimum atomic E-state index is -1.39. The number of benzene rings is 1. The Bertz CT molecular complexity index is 914. The summed E-state index contributed by atoms with van der Waals surface area (Å²) in [5.41, 5.74) is 3.87. The van der Waals surface area contributed by atoms with Crippen LogP contribution in [-0.2, 0) is 6.17 Å². The van der Waals surface area contributed by atoms with Crippen LogP contribution in [0.25, 0.3) is 16.7 Å². The Morgan fingerprint density at radius 1 is 1.09 bits per heavy atom. The van der Waals surface area contributed by atoms with Gasteiger partial charge < -0.3 is 4.57 Å². The number of aromatic nitrogens is 4. The lowest BCUT2D eigenvalue weighted by atomic mass is 10.1. The molecule has 5 nitrogen and oxygen atoms in total. The van der Waals surface area contributed by atoms with E-state index in [9.17, 15) is 4.79 Å². The van der Waals surface area contributed by atoms with Gasteiger partial charge in [-0.2, -0.15) is 5.10 Å². The van der Waals surface area contributed by atoms with Crippen molar-refractivity contribution in [2.24, 2.45) is 0 Å². The largest absolute Gasteiger partial charge is 0.302 e. The predicted octanol–water partition coefficient (Wildman–Crippen LogP) is 3.08. The Morgan fingerprint density at radius 2 is 1.74 bits per heavy atom. The first-order valence-corrected chi connectivity index (χ1v) is 11.5. The van der Waals surface area contributed by atoms with E-state index in [0.29, 0.717) is 11.0 Å². The van der Waals surface area contributed by atoms with Crippen LogP contribution in [0, 0.1) is 13.8 Å². The third-order valence-electron chi connectivity index (χ3n) is 3.65. The zero-order chi connectivity index (χ0) is 16.8. The lowest BCUT2D eigenvalue weighted by molar-refractivity contribution is 0.787. The maximum absolute atomic E-state index is 12.7. The van der Waals surface area contributed by atoms with Crippen molar-refractivity contribution in [3.63, 3.8) is 0 Å². The molecule has 3 aromatic rings. The van der Waals surface area contributed by atoms with Crippen LogP contribution >= 0.6 is 0 Å². The van der Waals surface area contributed by atoms with Gasteiger partial charge in [0.25, 0.3) is 5.56 Å². The summed E-state index contributed by atoms with van der Waals surface area (Å²) in [5.74, 6) is 0. The number of rotatable bonds is 3. The Balaban J connectivity index is 2.15. The first-order valence-electron chi connectivity index (χ1n) is 7.76. The molecule has 0 amide bonds. The molecule has 2 heterocycles. The van der Waals surface area contributed by atoms with Crippen LogP contribution < -0.4 is 5.56 Å². The first-order chi connectivity index (χ1) is 10.7. The molecule has 23 heavy (non-hydrogen) atoms. The van der Waals surface area contributed by atoms with Gasteiger partial charge in [-0.05, 0) is 37.1 Å². The molecule has 0 fully saturated rings. The van der Waals surface area contributed by atoms with Crippen LogP contribution in [0.1, 0.15) is 11.1 Å². The lowest BCUT2D eigenvalue weighted by Gasteiger charge is -2.17. The van der Waals surface area contributed by atoms with Crippen LogP contribution in [0.15, 0.2) is 35.5 Å². The molecule has 0 spiro atoms. The van der Waals surface area contributed by atoms with Crippen molar-refractivity contribution < 1.29 is 0 Å². The topological polar surface area (TPSA) is 52.7 Å². The van der Waals surface area contributed by atoms with Gasteiger partial charge in [0.05, 0.1) is 26.3 Å². The summed E-state index contributed by atoms with van der Waals surface area (Å²) in [7, 11) is -1.39. The second-order valence-electron chi connectivity index (χ2n) is 7.38. The molecule has 0 atom stereocenters. The van der Waals surface area contributed by atoms with Gasteiger partial charge >= 0.3 is 0 Å². The molecule has 0 aliphatic heterocycles. The minimum absolute atomic E-state index is 0.00644. The minimum Gasteiger partial charge on any atom is -0.302 e. The fraction of sp³-hybridized carbons (Fsp3) is 0.353. The summed E-state index contributed by atoms with van der Waals surface area (Å²) < 4.78 is 3.47. The first kappa shape index (κ1) is 15.7. The maximum atomic E-state index is 12.7. The molecule has 0 saturated heterocycles. The highest BCUT2D eigenvalue weighted by Gasteiger charge is 2.17. The molecule has 120 valence electrons. The zero-order valence-corrected chi connectivity index (χ0v) is 15.3. The Kier molecular flexibility index (Phi) is 3.72. The fourth-order valence-electron chi connectivity index (χ4n) is 2.83. The highest BCUT2D eigenvalue weighted by Crippen LogP contribution is 2.17. The van der Waals surface area contributed by atoms with Crippen LogP contribution in [0.5, 0.6) is 0 Å². The van der Waals surface area contributed by atoms with Gasteiger partial charge in [-0.15, -0.1) is 0 Å². The van der Waals surface area contributed by atoms with Crippen molar-refractivity contribution >= 4 is 19.1 Å². The third kappa shape index (κ3) is 3.12. The predicted molar refractivity (Wildman–Crippen MR) is 95.9 cm³/mol. The van der Waals surface area contributed by atoms with Crippen LogP contribution in [-0.4, -0.2) is 27.4 Å². The average Bonchev–Trinajstić information content (AvgIpc) is 2.84. The van der Waals surface area contributed by atoms with Gasteiger partial charge in [-0.25, -0.2) is 9.67 Å². The van der Waals surface area contributed by atoms with Gasteiger partial charge in [0, 0.05) is 6.17 Å². The lowest BCUT2D eigenvalue weighted by Crippen LogP contribution is -2.34. The van der Waals surface area contributed by atoms with Crippen LogP contribution in [0.4, 0.5) is 0 Å². The summed E-state index contributed by atoms with van der Waals surface area (Å²) >= 11 is 0. The molecule has 0 bridgehead atoms. The summed E-state index contributed by atoms with van der Waals surface area (Å²) in [6, 6.07) is 6.22. The Morgan fingerprint density at radius 3 is 2.35 bits per heavy atom. The Labute approximate surface area is 136 Å². The van der Waals surface area contributed by atoms with E-state index in [0.717, 1.165) is 23.0 Å². The summed E-state index contributed by atoms with van der Waals surface area (Å²) in [4.78, 5) is 17.2. The molecular formula is C17H22N4OSi. The van der Waals surface area contributed by atoms with Crippen molar-refractivity contribution in [1.29, 1.82) is 0 Å². The van der Waals surface area contributed by atoms with Gasteiger partial charge in [0.2, 0.25) is 0 Å². The summed E-state index contributed by atoms with van der Waals surface area (Å²) in [5, 5.41) is 4.97. The van der Waals surface area contributed by atoms with E-state index in [1.165, 1.54) is 0 Å².